The molecule has 0 aliphatic heterocycles. The van der Waals surface area contributed by atoms with Crippen molar-refractivity contribution in [1.82, 2.24) is 5.32 Å². The van der Waals surface area contributed by atoms with E-state index in [1.807, 2.05) is 0 Å². The molecule has 3 atom stereocenters. The van der Waals surface area contributed by atoms with Crippen molar-refractivity contribution >= 4 is 6.09 Å². The van der Waals surface area contributed by atoms with E-state index in [9.17, 15) is 14.3 Å². The molecule has 0 aromatic heterocycles. The minimum Gasteiger partial charge on any atom is -0.444 e. The smallest absolute Gasteiger partial charge is 0.407 e. The number of ether oxygens (including phenoxy) is 1. The van der Waals surface area contributed by atoms with Gasteiger partial charge in [-0.1, -0.05) is 0 Å². The quantitative estimate of drug-likeness (QED) is 0.725. The normalized spacial score (nSPS) is 30.9. The van der Waals surface area contributed by atoms with E-state index in [0.717, 1.165) is 0 Å². The first-order chi connectivity index (χ1) is 7.28. The van der Waals surface area contributed by atoms with Crippen LogP contribution in [-0.2, 0) is 4.74 Å². The summed E-state index contributed by atoms with van der Waals surface area (Å²) in [6.45, 7) is 5.26. The van der Waals surface area contributed by atoms with Gasteiger partial charge in [0.05, 0.1) is 12.1 Å². The predicted molar refractivity (Wildman–Crippen MR) is 57.9 cm³/mol. The number of aliphatic hydroxyl groups excluding tert-OH is 1. The molecule has 0 radical (unpaired) electrons. The van der Waals surface area contributed by atoms with Crippen LogP contribution in [-0.4, -0.2) is 35.1 Å². The maximum Gasteiger partial charge on any atom is 0.407 e. The molecule has 1 fully saturated rings. The van der Waals surface area contributed by atoms with Crippen LogP contribution in [0.15, 0.2) is 0 Å². The van der Waals surface area contributed by atoms with Gasteiger partial charge in [0.1, 0.15) is 11.8 Å². The average Bonchev–Trinajstić information content (AvgIpc) is 2.06. The molecule has 1 amide bonds. The molecule has 0 bridgehead atoms. The maximum absolute atomic E-state index is 13.5. The van der Waals surface area contributed by atoms with Gasteiger partial charge in [0.2, 0.25) is 0 Å². The fourth-order valence-electron chi connectivity index (χ4n) is 1.72. The first kappa shape index (κ1) is 13.2. The van der Waals surface area contributed by atoms with Crippen molar-refractivity contribution < 1.29 is 19.0 Å². The van der Waals surface area contributed by atoms with E-state index < -0.39 is 30.0 Å². The highest BCUT2D eigenvalue weighted by Crippen LogP contribution is 2.22. The minimum absolute atomic E-state index is 0.0838. The Morgan fingerprint density at radius 3 is 2.56 bits per heavy atom. The molecular formula is C11H20FNO3. The van der Waals surface area contributed by atoms with Gasteiger partial charge in [-0.15, -0.1) is 0 Å². The highest BCUT2D eigenvalue weighted by atomic mass is 19.1. The van der Waals surface area contributed by atoms with Crippen molar-refractivity contribution in [3.8, 4) is 0 Å². The molecule has 4 nitrogen and oxygen atoms in total. The first-order valence-electron chi connectivity index (χ1n) is 5.59. The van der Waals surface area contributed by atoms with Crippen LogP contribution in [0.25, 0.3) is 0 Å². The molecule has 0 saturated heterocycles. The minimum atomic E-state index is -1.20. The average molecular weight is 233 g/mol. The monoisotopic (exact) mass is 233 g/mol. The zero-order valence-electron chi connectivity index (χ0n) is 10.00. The summed E-state index contributed by atoms with van der Waals surface area (Å²) in [5.41, 5.74) is -0.579. The summed E-state index contributed by atoms with van der Waals surface area (Å²) in [5.74, 6) is 0. The number of hydrogen-bond acceptors (Lipinski definition) is 3. The topological polar surface area (TPSA) is 58.6 Å². The second-order valence-electron chi connectivity index (χ2n) is 5.24. The number of alkyl halides is 1. The number of aliphatic hydroxyl groups is 1. The summed E-state index contributed by atoms with van der Waals surface area (Å²) in [6.07, 6.45) is -1.34. The molecule has 0 aromatic rings. The van der Waals surface area contributed by atoms with Crippen molar-refractivity contribution in [3.63, 3.8) is 0 Å². The number of nitrogens with one attached hydrogen (secondary N) is 1. The van der Waals surface area contributed by atoms with Gasteiger partial charge in [-0.3, -0.25) is 0 Å². The fraction of sp³-hybridized carbons (Fsp3) is 0.909. The Kier molecular flexibility index (Phi) is 4.13. The van der Waals surface area contributed by atoms with Gasteiger partial charge in [0.25, 0.3) is 0 Å². The van der Waals surface area contributed by atoms with Gasteiger partial charge in [-0.2, -0.15) is 0 Å². The van der Waals surface area contributed by atoms with Crippen LogP contribution in [0, 0.1) is 0 Å². The number of hydrogen-bond donors (Lipinski definition) is 2. The molecule has 1 aliphatic rings. The van der Waals surface area contributed by atoms with Crippen LogP contribution in [0.2, 0.25) is 0 Å². The third-order valence-electron chi connectivity index (χ3n) is 2.45. The summed E-state index contributed by atoms with van der Waals surface area (Å²) in [5, 5.41) is 11.7. The first-order valence-corrected chi connectivity index (χ1v) is 5.59. The van der Waals surface area contributed by atoms with Gasteiger partial charge in [0, 0.05) is 6.42 Å². The van der Waals surface area contributed by atoms with Crippen molar-refractivity contribution in [2.24, 2.45) is 0 Å². The molecule has 2 N–H and O–H groups in total. The van der Waals surface area contributed by atoms with Gasteiger partial charge in [-0.25, -0.2) is 9.18 Å². The molecule has 16 heavy (non-hydrogen) atoms. The van der Waals surface area contributed by atoms with Gasteiger partial charge in [0.15, 0.2) is 0 Å². The molecule has 0 heterocycles. The Bertz CT molecular complexity index is 252. The number of alkyl carbamates (subject to hydrolysis) is 1. The van der Waals surface area contributed by atoms with Crippen molar-refractivity contribution in [2.45, 2.75) is 64.0 Å². The Morgan fingerprint density at radius 1 is 1.44 bits per heavy atom. The molecule has 1 saturated carbocycles. The molecule has 94 valence electrons. The Hall–Kier alpha value is -0.840. The van der Waals surface area contributed by atoms with Crippen LogP contribution in [0.5, 0.6) is 0 Å². The SMILES string of the molecule is CC(C)(C)OC(=O)N[C@@H]1CC[C@H](O)C[C@H]1F. The summed E-state index contributed by atoms with van der Waals surface area (Å²) in [4.78, 5) is 11.4. The fourth-order valence-corrected chi connectivity index (χ4v) is 1.72. The van der Waals surface area contributed by atoms with Crippen LogP contribution >= 0.6 is 0 Å². The van der Waals surface area contributed by atoms with Crippen LogP contribution in [0.4, 0.5) is 9.18 Å². The van der Waals surface area contributed by atoms with Crippen molar-refractivity contribution in [1.29, 1.82) is 0 Å². The number of amides is 1. The van der Waals surface area contributed by atoms with Gasteiger partial charge in [-0.05, 0) is 33.6 Å². The second kappa shape index (κ2) is 4.99. The van der Waals surface area contributed by atoms with Gasteiger partial charge < -0.3 is 15.2 Å². The van der Waals surface area contributed by atoms with E-state index in [4.69, 9.17) is 4.74 Å². The third-order valence-corrected chi connectivity index (χ3v) is 2.45. The lowest BCUT2D eigenvalue weighted by molar-refractivity contribution is 0.0325. The van der Waals surface area contributed by atoms with E-state index in [-0.39, 0.29) is 6.42 Å². The Balaban J connectivity index is 2.39. The molecule has 5 heteroatoms. The molecule has 1 rings (SSSR count). The number of rotatable bonds is 1. The van der Waals surface area contributed by atoms with E-state index >= 15 is 0 Å². The van der Waals surface area contributed by atoms with E-state index in [2.05, 4.69) is 5.32 Å². The van der Waals surface area contributed by atoms with Crippen LogP contribution < -0.4 is 5.32 Å². The summed E-state index contributed by atoms with van der Waals surface area (Å²) in [7, 11) is 0. The van der Waals surface area contributed by atoms with Crippen molar-refractivity contribution in [3.05, 3.63) is 0 Å². The lowest BCUT2D eigenvalue weighted by atomic mass is 9.91. The predicted octanol–water partition coefficient (Wildman–Crippen LogP) is 1.76. The zero-order chi connectivity index (χ0) is 12.3. The lowest BCUT2D eigenvalue weighted by Crippen LogP contribution is -2.47. The van der Waals surface area contributed by atoms with Crippen molar-refractivity contribution in [2.75, 3.05) is 0 Å². The number of halogens is 1. The second-order valence-corrected chi connectivity index (χ2v) is 5.24. The summed E-state index contributed by atoms with van der Waals surface area (Å²) < 4.78 is 18.5. The standard InChI is InChI=1S/C11H20FNO3/c1-11(2,3)16-10(15)13-9-5-4-7(14)6-8(9)12/h7-9,14H,4-6H2,1-3H3,(H,13,15)/t7-,8+,9+/m0/s1. The van der Waals surface area contributed by atoms with Gasteiger partial charge >= 0.3 is 6.09 Å². The van der Waals surface area contributed by atoms with Crippen LogP contribution in [0.1, 0.15) is 40.0 Å². The molecule has 0 aromatic carbocycles. The summed E-state index contributed by atoms with van der Waals surface area (Å²) >= 11 is 0. The largest absolute Gasteiger partial charge is 0.444 e. The molecule has 1 aliphatic carbocycles. The third kappa shape index (κ3) is 4.35. The zero-order valence-corrected chi connectivity index (χ0v) is 10.00. The Morgan fingerprint density at radius 2 is 2.06 bits per heavy atom. The molecule has 0 spiro atoms. The van der Waals surface area contributed by atoms with E-state index in [0.29, 0.717) is 12.8 Å². The Labute approximate surface area is 95.2 Å². The van der Waals surface area contributed by atoms with Crippen LogP contribution in [0.3, 0.4) is 0 Å². The maximum atomic E-state index is 13.5. The lowest BCUT2D eigenvalue weighted by Gasteiger charge is -2.30. The number of carbonyl (C=O) groups is 1. The summed E-state index contributed by atoms with van der Waals surface area (Å²) in [6, 6.07) is -0.543. The van der Waals surface area contributed by atoms with E-state index in [1.165, 1.54) is 0 Å². The highest BCUT2D eigenvalue weighted by molar-refractivity contribution is 5.68. The molecular weight excluding hydrogens is 213 g/mol. The number of carbonyl (C=O) groups excluding carboxylic acids is 1. The highest BCUT2D eigenvalue weighted by Gasteiger charge is 2.31. The van der Waals surface area contributed by atoms with E-state index in [1.54, 1.807) is 20.8 Å². The molecule has 0 unspecified atom stereocenters.